The number of benzene rings is 1. The van der Waals surface area contributed by atoms with Crippen LogP contribution in [0.5, 0.6) is 0 Å². The number of rotatable bonds is 4. The van der Waals surface area contributed by atoms with Gasteiger partial charge in [-0.25, -0.2) is 4.39 Å². The second-order valence-corrected chi connectivity index (χ2v) is 7.73. The van der Waals surface area contributed by atoms with E-state index in [-0.39, 0.29) is 11.7 Å². The van der Waals surface area contributed by atoms with Crippen LogP contribution < -0.4 is 5.32 Å². The summed E-state index contributed by atoms with van der Waals surface area (Å²) in [5.74, 6) is -0.0115. The highest BCUT2D eigenvalue weighted by Gasteiger charge is 2.32. The van der Waals surface area contributed by atoms with Crippen molar-refractivity contribution >= 4 is 16.8 Å². The third kappa shape index (κ3) is 2.97. The first-order chi connectivity index (χ1) is 12.7. The van der Waals surface area contributed by atoms with E-state index in [0.29, 0.717) is 35.0 Å². The zero-order valence-electron chi connectivity index (χ0n) is 14.7. The van der Waals surface area contributed by atoms with Crippen molar-refractivity contribution in [3.63, 3.8) is 0 Å². The third-order valence-electron chi connectivity index (χ3n) is 5.92. The van der Waals surface area contributed by atoms with Crippen molar-refractivity contribution in [3.05, 3.63) is 41.3 Å². The summed E-state index contributed by atoms with van der Waals surface area (Å²) in [6.07, 6.45) is 2.24. The summed E-state index contributed by atoms with van der Waals surface area (Å²) < 4.78 is 13.8. The van der Waals surface area contributed by atoms with Gasteiger partial charge in [0, 0.05) is 62.3 Å². The summed E-state index contributed by atoms with van der Waals surface area (Å²) in [6, 6.07) is 6.74. The minimum absolute atomic E-state index is 0.123. The summed E-state index contributed by atoms with van der Waals surface area (Å²) in [4.78, 5) is 22.5. The Labute approximate surface area is 152 Å². The maximum Gasteiger partial charge on any atom is 0.252 e. The van der Waals surface area contributed by atoms with Crippen LogP contribution in [-0.2, 0) is 0 Å². The number of piperazine rings is 3. The molecule has 0 unspecified atom stereocenters. The van der Waals surface area contributed by atoms with Crippen molar-refractivity contribution in [3.8, 4) is 0 Å². The molecule has 136 valence electrons. The molecule has 4 heterocycles. The van der Waals surface area contributed by atoms with Crippen molar-refractivity contribution in [1.29, 1.82) is 0 Å². The Morgan fingerprint density at radius 3 is 2.69 bits per heavy atom. The molecule has 1 aromatic heterocycles. The first-order valence-corrected chi connectivity index (χ1v) is 9.52. The molecule has 1 aromatic carbocycles. The van der Waals surface area contributed by atoms with Gasteiger partial charge in [0.2, 0.25) is 0 Å². The Bertz CT molecular complexity index is 858. The number of carbonyl (C=O) groups is 1. The summed E-state index contributed by atoms with van der Waals surface area (Å²) in [5.41, 5.74) is 2.21. The molecule has 2 aromatic rings. The van der Waals surface area contributed by atoms with E-state index < -0.39 is 0 Å². The van der Waals surface area contributed by atoms with E-state index in [1.807, 2.05) is 6.07 Å². The average Bonchev–Trinajstić information content (AvgIpc) is 3.51. The fourth-order valence-electron chi connectivity index (χ4n) is 4.22. The Morgan fingerprint density at radius 1 is 1.19 bits per heavy atom. The van der Waals surface area contributed by atoms with Gasteiger partial charge in [-0.05, 0) is 37.1 Å². The van der Waals surface area contributed by atoms with Crippen LogP contribution in [0.1, 0.15) is 34.8 Å². The van der Waals surface area contributed by atoms with Gasteiger partial charge >= 0.3 is 0 Å². The molecule has 6 heteroatoms. The quantitative estimate of drug-likeness (QED) is 0.912. The van der Waals surface area contributed by atoms with Crippen LogP contribution in [-0.4, -0.2) is 66.0 Å². The molecule has 5 nitrogen and oxygen atoms in total. The zero-order valence-corrected chi connectivity index (χ0v) is 14.7. The summed E-state index contributed by atoms with van der Waals surface area (Å²) in [6.45, 7) is 6.06. The minimum Gasteiger partial charge on any atom is -0.350 e. The van der Waals surface area contributed by atoms with Gasteiger partial charge in [0.05, 0.1) is 11.1 Å². The number of amides is 1. The zero-order chi connectivity index (χ0) is 17.7. The SMILES string of the molecule is O=C(NC[C@H]1CN2CCN1CC2)c1cc(C2CC2)nc2ccc(F)cc12. The van der Waals surface area contributed by atoms with Crippen LogP contribution >= 0.6 is 0 Å². The molecule has 0 radical (unpaired) electrons. The van der Waals surface area contributed by atoms with E-state index in [1.54, 1.807) is 6.07 Å². The van der Waals surface area contributed by atoms with E-state index in [4.69, 9.17) is 0 Å². The predicted octanol–water partition coefficient (Wildman–Crippen LogP) is 1.98. The standard InChI is InChI=1S/C20H23FN4O/c21-14-3-4-18-16(9-14)17(10-19(23-18)13-1-2-13)20(26)22-11-15-12-24-5-7-25(15)8-6-24/h3-4,9-10,13,15H,1-2,5-8,11-12H2,(H,22,26)/t15-/m0/s1. The molecule has 26 heavy (non-hydrogen) atoms. The molecule has 1 N–H and O–H groups in total. The molecule has 1 saturated carbocycles. The first kappa shape index (κ1) is 16.1. The van der Waals surface area contributed by atoms with Crippen LogP contribution in [0.2, 0.25) is 0 Å². The Kier molecular flexibility index (Phi) is 3.90. The van der Waals surface area contributed by atoms with Crippen LogP contribution in [0.4, 0.5) is 4.39 Å². The van der Waals surface area contributed by atoms with Crippen molar-refractivity contribution in [1.82, 2.24) is 20.1 Å². The number of halogens is 1. The number of nitrogens with one attached hydrogen (secondary N) is 1. The van der Waals surface area contributed by atoms with Gasteiger partial charge in [0.15, 0.2) is 0 Å². The highest BCUT2D eigenvalue weighted by molar-refractivity contribution is 6.06. The van der Waals surface area contributed by atoms with Gasteiger partial charge in [-0.15, -0.1) is 0 Å². The van der Waals surface area contributed by atoms with Crippen LogP contribution in [0.3, 0.4) is 0 Å². The van der Waals surface area contributed by atoms with Crippen LogP contribution in [0, 0.1) is 5.82 Å². The van der Waals surface area contributed by atoms with E-state index in [9.17, 15) is 9.18 Å². The molecular formula is C20H23FN4O. The number of aromatic nitrogens is 1. The Morgan fingerprint density at radius 2 is 2.00 bits per heavy atom. The average molecular weight is 354 g/mol. The summed E-state index contributed by atoms with van der Waals surface area (Å²) in [7, 11) is 0. The smallest absolute Gasteiger partial charge is 0.252 e. The second kappa shape index (κ2) is 6.28. The highest BCUT2D eigenvalue weighted by Crippen LogP contribution is 2.40. The normalized spacial score (nSPS) is 27.7. The second-order valence-electron chi connectivity index (χ2n) is 7.73. The minimum atomic E-state index is -0.337. The third-order valence-corrected chi connectivity index (χ3v) is 5.92. The molecular weight excluding hydrogens is 331 g/mol. The molecule has 4 fully saturated rings. The number of carbonyl (C=O) groups excluding carboxylic acids is 1. The molecule has 4 aliphatic rings. The number of hydrogen-bond donors (Lipinski definition) is 1. The molecule has 1 atom stereocenters. The van der Waals surface area contributed by atoms with Crippen molar-refractivity contribution in [2.24, 2.45) is 0 Å². The maximum absolute atomic E-state index is 13.8. The largest absolute Gasteiger partial charge is 0.350 e. The molecule has 1 amide bonds. The first-order valence-electron chi connectivity index (χ1n) is 9.52. The van der Waals surface area contributed by atoms with Gasteiger partial charge in [-0.2, -0.15) is 0 Å². The van der Waals surface area contributed by atoms with Gasteiger partial charge in [0.25, 0.3) is 5.91 Å². The maximum atomic E-state index is 13.8. The van der Waals surface area contributed by atoms with E-state index >= 15 is 0 Å². The number of hydrogen-bond acceptors (Lipinski definition) is 4. The Hall–Kier alpha value is -2.05. The number of pyridine rings is 1. The van der Waals surface area contributed by atoms with Crippen molar-refractivity contribution in [2.45, 2.75) is 24.8 Å². The monoisotopic (exact) mass is 354 g/mol. The number of fused-ring (bicyclic) bond motifs is 4. The van der Waals surface area contributed by atoms with Gasteiger partial charge in [-0.1, -0.05) is 0 Å². The lowest BCUT2D eigenvalue weighted by molar-refractivity contribution is 0.0138. The summed E-state index contributed by atoms with van der Waals surface area (Å²) in [5, 5.41) is 3.69. The molecule has 3 aliphatic heterocycles. The van der Waals surface area contributed by atoms with Crippen molar-refractivity contribution in [2.75, 3.05) is 39.3 Å². The Balaban J connectivity index is 1.40. The molecule has 1 aliphatic carbocycles. The molecule has 3 saturated heterocycles. The van der Waals surface area contributed by atoms with Crippen LogP contribution in [0.15, 0.2) is 24.3 Å². The van der Waals surface area contributed by atoms with E-state index in [2.05, 4.69) is 20.1 Å². The van der Waals surface area contributed by atoms with E-state index in [1.165, 1.54) is 12.1 Å². The fourth-order valence-corrected chi connectivity index (χ4v) is 4.22. The van der Waals surface area contributed by atoms with Crippen LogP contribution in [0.25, 0.3) is 10.9 Å². The number of nitrogens with zero attached hydrogens (tertiary/aromatic N) is 3. The topological polar surface area (TPSA) is 48.5 Å². The molecule has 0 spiro atoms. The van der Waals surface area contributed by atoms with Gasteiger partial charge < -0.3 is 5.32 Å². The van der Waals surface area contributed by atoms with Gasteiger partial charge in [0.1, 0.15) is 5.82 Å². The predicted molar refractivity (Wildman–Crippen MR) is 97.8 cm³/mol. The van der Waals surface area contributed by atoms with Gasteiger partial charge in [-0.3, -0.25) is 19.6 Å². The van der Waals surface area contributed by atoms with E-state index in [0.717, 1.165) is 51.3 Å². The molecule has 6 rings (SSSR count). The lowest BCUT2D eigenvalue weighted by Crippen LogP contribution is -2.63. The lowest BCUT2D eigenvalue weighted by atomic mass is 10.0. The highest BCUT2D eigenvalue weighted by atomic mass is 19.1. The lowest BCUT2D eigenvalue weighted by Gasteiger charge is -2.47. The summed E-state index contributed by atoms with van der Waals surface area (Å²) >= 11 is 0. The fraction of sp³-hybridized carbons (Fsp3) is 0.500. The van der Waals surface area contributed by atoms with Crippen molar-refractivity contribution < 1.29 is 9.18 Å². The molecule has 2 bridgehead atoms.